The zero-order valence-corrected chi connectivity index (χ0v) is 12.2. The third-order valence-electron chi connectivity index (χ3n) is 2.66. The van der Waals surface area contributed by atoms with Crippen LogP contribution < -0.4 is 5.32 Å². The van der Waals surface area contributed by atoms with Gasteiger partial charge in [-0.05, 0) is 6.42 Å². The summed E-state index contributed by atoms with van der Waals surface area (Å²) < 4.78 is 9.75. The molecule has 3 N–H and O–H groups in total. The van der Waals surface area contributed by atoms with E-state index >= 15 is 0 Å². The average Bonchev–Trinajstić information content (AvgIpc) is 2.42. The molecule has 0 aliphatic heterocycles. The molecule has 0 aliphatic rings. The Labute approximate surface area is 122 Å². The number of nitrogens with zero attached hydrogens (tertiary/aromatic N) is 1. The minimum atomic E-state index is -1.27. The maximum absolute atomic E-state index is 12.0. The molecule has 0 spiro atoms. The van der Waals surface area contributed by atoms with Crippen LogP contribution in [0.25, 0.3) is 0 Å². The molecular formula is C12H22N2O7. The highest BCUT2D eigenvalue weighted by Crippen LogP contribution is 2.00. The normalized spacial score (nSPS) is 11.7. The van der Waals surface area contributed by atoms with E-state index < -0.39 is 24.0 Å². The number of hydrogen-bond donors (Lipinski definition) is 3. The molecule has 0 fully saturated rings. The number of nitrogens with one attached hydrogen (secondary N) is 1. The molecule has 0 aromatic rings. The van der Waals surface area contributed by atoms with Crippen molar-refractivity contribution in [2.45, 2.75) is 18.9 Å². The third-order valence-corrected chi connectivity index (χ3v) is 2.66. The first kappa shape index (κ1) is 19.1. The Morgan fingerprint density at radius 2 is 1.62 bits per heavy atom. The number of urea groups is 1. The Bertz CT molecular complexity index is 340. The van der Waals surface area contributed by atoms with Crippen LogP contribution in [0.2, 0.25) is 0 Å². The summed E-state index contributed by atoms with van der Waals surface area (Å²) in [6.45, 7) is 1.14. The Balaban J connectivity index is 4.56. The maximum Gasteiger partial charge on any atom is 0.326 e. The van der Waals surface area contributed by atoms with E-state index in [-0.39, 0.29) is 25.9 Å². The summed E-state index contributed by atoms with van der Waals surface area (Å²) in [6, 6.07) is -1.84. The van der Waals surface area contributed by atoms with Crippen molar-refractivity contribution < 1.29 is 34.1 Å². The van der Waals surface area contributed by atoms with Crippen molar-refractivity contribution in [3.8, 4) is 0 Å². The molecule has 0 aliphatic carbocycles. The van der Waals surface area contributed by atoms with Crippen LogP contribution in [0.4, 0.5) is 4.79 Å². The highest BCUT2D eigenvalue weighted by molar-refractivity contribution is 5.83. The molecule has 0 bridgehead atoms. The molecule has 1 atom stereocenters. The molecule has 9 heteroatoms. The fourth-order valence-electron chi connectivity index (χ4n) is 1.48. The molecule has 0 rings (SSSR count). The van der Waals surface area contributed by atoms with Gasteiger partial charge in [-0.2, -0.15) is 0 Å². The predicted molar refractivity (Wildman–Crippen MR) is 72.2 cm³/mol. The number of carbonyl (C=O) groups is 3. The van der Waals surface area contributed by atoms with Gasteiger partial charge in [-0.1, -0.05) is 0 Å². The van der Waals surface area contributed by atoms with Gasteiger partial charge < -0.3 is 29.9 Å². The number of methoxy groups -OCH3 is 2. The second kappa shape index (κ2) is 10.9. The number of carboxylic acid groups (broad SMARTS) is 2. The number of ether oxygens (including phenoxy) is 2. The van der Waals surface area contributed by atoms with E-state index in [2.05, 4.69) is 5.32 Å². The second-order valence-corrected chi connectivity index (χ2v) is 4.25. The van der Waals surface area contributed by atoms with E-state index in [1.165, 1.54) is 19.1 Å². The Morgan fingerprint density at radius 1 is 1.10 bits per heavy atom. The molecule has 0 heterocycles. The van der Waals surface area contributed by atoms with Gasteiger partial charge in [0.25, 0.3) is 0 Å². The summed E-state index contributed by atoms with van der Waals surface area (Å²) in [4.78, 5) is 34.9. The van der Waals surface area contributed by atoms with Crippen LogP contribution in [0, 0.1) is 0 Å². The second-order valence-electron chi connectivity index (χ2n) is 4.25. The SMILES string of the molecule is COCCN(CCOC)C(=O)NC(CCC(=O)O)C(=O)O. The summed E-state index contributed by atoms with van der Waals surface area (Å²) in [5.74, 6) is -2.39. The van der Waals surface area contributed by atoms with Crippen LogP contribution in [-0.4, -0.2) is 79.6 Å². The largest absolute Gasteiger partial charge is 0.481 e. The molecule has 122 valence electrons. The van der Waals surface area contributed by atoms with Gasteiger partial charge in [-0.25, -0.2) is 9.59 Å². The minimum Gasteiger partial charge on any atom is -0.481 e. The van der Waals surface area contributed by atoms with Crippen LogP contribution in [-0.2, 0) is 19.1 Å². The van der Waals surface area contributed by atoms with Crippen LogP contribution >= 0.6 is 0 Å². The summed E-state index contributed by atoms with van der Waals surface area (Å²) in [6.07, 6.45) is -0.522. The first-order valence-electron chi connectivity index (χ1n) is 6.40. The van der Waals surface area contributed by atoms with Crippen LogP contribution in [0.15, 0.2) is 0 Å². The molecule has 1 unspecified atom stereocenters. The third kappa shape index (κ3) is 8.82. The van der Waals surface area contributed by atoms with Gasteiger partial charge in [-0.15, -0.1) is 0 Å². The quantitative estimate of drug-likeness (QED) is 0.474. The molecule has 0 saturated carbocycles. The molecular weight excluding hydrogens is 284 g/mol. The number of amides is 2. The number of carboxylic acids is 2. The molecule has 0 radical (unpaired) electrons. The van der Waals surface area contributed by atoms with Crippen molar-refractivity contribution in [3.05, 3.63) is 0 Å². The number of rotatable bonds is 11. The van der Waals surface area contributed by atoms with E-state index in [1.54, 1.807) is 0 Å². The molecule has 2 amide bonds. The molecule has 0 aromatic heterocycles. The van der Waals surface area contributed by atoms with Crippen molar-refractivity contribution in [3.63, 3.8) is 0 Å². The first-order chi connectivity index (χ1) is 9.92. The predicted octanol–water partition coefficient (Wildman–Crippen LogP) is -0.391. The van der Waals surface area contributed by atoms with Crippen molar-refractivity contribution in [2.75, 3.05) is 40.5 Å². The maximum atomic E-state index is 12.0. The lowest BCUT2D eigenvalue weighted by molar-refractivity contribution is -0.140. The molecule has 0 saturated heterocycles. The zero-order valence-electron chi connectivity index (χ0n) is 12.2. The highest BCUT2D eigenvalue weighted by atomic mass is 16.5. The standard InChI is InChI=1S/C12H22N2O7/c1-20-7-5-14(6-8-21-2)12(19)13-9(11(17)18)3-4-10(15)16/h9H,3-8H2,1-2H3,(H,13,19)(H,15,16)(H,17,18). The van der Waals surface area contributed by atoms with Crippen molar-refractivity contribution in [1.29, 1.82) is 0 Å². The highest BCUT2D eigenvalue weighted by Gasteiger charge is 2.23. The van der Waals surface area contributed by atoms with Crippen LogP contribution in [0.5, 0.6) is 0 Å². The average molecular weight is 306 g/mol. The Hall–Kier alpha value is -1.87. The summed E-state index contributed by atoms with van der Waals surface area (Å²) in [7, 11) is 2.97. The van der Waals surface area contributed by atoms with Gasteiger partial charge in [0.05, 0.1) is 13.2 Å². The lowest BCUT2D eigenvalue weighted by Crippen LogP contribution is -2.49. The summed E-state index contributed by atoms with van der Waals surface area (Å²) in [5, 5.41) is 19.9. The van der Waals surface area contributed by atoms with E-state index in [0.29, 0.717) is 13.2 Å². The lowest BCUT2D eigenvalue weighted by atomic mass is 10.1. The topological polar surface area (TPSA) is 125 Å². The first-order valence-corrected chi connectivity index (χ1v) is 6.40. The zero-order chi connectivity index (χ0) is 16.3. The molecule has 21 heavy (non-hydrogen) atoms. The van der Waals surface area contributed by atoms with Crippen molar-refractivity contribution in [1.82, 2.24) is 10.2 Å². The van der Waals surface area contributed by atoms with Gasteiger partial charge in [0.1, 0.15) is 6.04 Å². The monoisotopic (exact) mass is 306 g/mol. The van der Waals surface area contributed by atoms with Gasteiger partial charge >= 0.3 is 18.0 Å². The van der Waals surface area contributed by atoms with Crippen LogP contribution in [0.1, 0.15) is 12.8 Å². The number of carbonyl (C=O) groups excluding carboxylic acids is 1. The lowest BCUT2D eigenvalue weighted by Gasteiger charge is -2.24. The Morgan fingerprint density at radius 3 is 2.00 bits per heavy atom. The van der Waals surface area contributed by atoms with E-state index in [9.17, 15) is 14.4 Å². The number of hydrogen-bond acceptors (Lipinski definition) is 5. The van der Waals surface area contributed by atoms with Gasteiger partial charge in [0, 0.05) is 33.7 Å². The smallest absolute Gasteiger partial charge is 0.326 e. The summed E-state index contributed by atoms with van der Waals surface area (Å²) in [5.41, 5.74) is 0. The van der Waals surface area contributed by atoms with Gasteiger partial charge in [-0.3, -0.25) is 4.79 Å². The number of aliphatic carboxylic acids is 2. The van der Waals surface area contributed by atoms with Gasteiger partial charge in [0.15, 0.2) is 0 Å². The van der Waals surface area contributed by atoms with Gasteiger partial charge in [0.2, 0.25) is 0 Å². The fourth-order valence-corrected chi connectivity index (χ4v) is 1.48. The van der Waals surface area contributed by atoms with Crippen molar-refractivity contribution >= 4 is 18.0 Å². The fraction of sp³-hybridized carbons (Fsp3) is 0.750. The Kier molecular flexibility index (Phi) is 9.90. The molecule has 0 aromatic carbocycles. The van der Waals surface area contributed by atoms with E-state index in [4.69, 9.17) is 19.7 Å². The summed E-state index contributed by atoms with van der Waals surface area (Å²) >= 11 is 0. The molecule has 9 nitrogen and oxygen atoms in total. The minimum absolute atomic E-state index is 0.182. The van der Waals surface area contributed by atoms with Crippen molar-refractivity contribution in [2.24, 2.45) is 0 Å². The van der Waals surface area contributed by atoms with E-state index in [1.807, 2.05) is 0 Å². The van der Waals surface area contributed by atoms with E-state index in [0.717, 1.165) is 0 Å². The van der Waals surface area contributed by atoms with Crippen LogP contribution in [0.3, 0.4) is 0 Å².